The first-order valence-electron chi connectivity index (χ1n) is 10.6. The van der Waals surface area contributed by atoms with Crippen molar-refractivity contribution in [2.45, 2.75) is 103 Å². The number of hydrogen-bond donors (Lipinski definition) is 0. The number of hydrogen-bond acceptors (Lipinski definition) is 2. The lowest BCUT2D eigenvalue weighted by Gasteiger charge is -2.28. The van der Waals surface area contributed by atoms with Gasteiger partial charge in [0.2, 0.25) is 0 Å². The molecule has 2 heteroatoms. The topological polar surface area (TPSA) is 29.4 Å². The summed E-state index contributed by atoms with van der Waals surface area (Å²) in [7, 11) is 0. The van der Waals surface area contributed by atoms with Crippen LogP contribution in [0.3, 0.4) is 0 Å². The smallest absolute Gasteiger partial charge is 0.0813 e. The molecule has 0 bridgehead atoms. The predicted molar refractivity (Wildman–Crippen MR) is 99.6 cm³/mol. The lowest BCUT2D eigenvalue weighted by atomic mass is 9.78. The van der Waals surface area contributed by atoms with Gasteiger partial charge in [-0.3, -0.25) is 0 Å². The molecule has 0 heterocycles. The SMILES string of the molecule is C[C@H]1CCCCCCCC(CC(CCN=O)C2CCCC2)CC1. The maximum atomic E-state index is 10.6. The second-order valence-electron chi connectivity index (χ2n) is 8.58. The minimum Gasteiger partial charge on any atom is -0.151 e. The zero-order valence-electron chi connectivity index (χ0n) is 15.5. The molecule has 0 N–H and O–H groups in total. The Kier molecular flexibility index (Phi) is 9.22. The van der Waals surface area contributed by atoms with Crippen molar-refractivity contribution in [3.05, 3.63) is 4.91 Å². The summed E-state index contributed by atoms with van der Waals surface area (Å²) in [6.07, 6.45) is 21.0. The van der Waals surface area contributed by atoms with Crippen molar-refractivity contribution in [2.75, 3.05) is 6.54 Å². The van der Waals surface area contributed by atoms with Gasteiger partial charge in [0.05, 0.1) is 6.54 Å². The fourth-order valence-corrected chi connectivity index (χ4v) is 5.12. The molecule has 2 saturated carbocycles. The van der Waals surface area contributed by atoms with Gasteiger partial charge in [-0.25, -0.2) is 0 Å². The maximum Gasteiger partial charge on any atom is 0.0813 e. The highest BCUT2D eigenvalue weighted by Gasteiger charge is 2.27. The van der Waals surface area contributed by atoms with E-state index in [-0.39, 0.29) is 0 Å². The molecule has 134 valence electrons. The van der Waals surface area contributed by atoms with Crippen LogP contribution >= 0.6 is 0 Å². The second-order valence-corrected chi connectivity index (χ2v) is 8.58. The van der Waals surface area contributed by atoms with E-state index in [4.69, 9.17) is 0 Å². The highest BCUT2D eigenvalue weighted by molar-refractivity contribution is 4.79. The van der Waals surface area contributed by atoms with Gasteiger partial charge >= 0.3 is 0 Å². The summed E-state index contributed by atoms with van der Waals surface area (Å²) in [5, 5.41) is 3.18. The number of rotatable bonds is 6. The van der Waals surface area contributed by atoms with Crippen LogP contribution in [0.5, 0.6) is 0 Å². The van der Waals surface area contributed by atoms with Gasteiger partial charge in [-0.2, -0.15) is 4.91 Å². The van der Waals surface area contributed by atoms with Crippen LogP contribution in [-0.2, 0) is 0 Å². The van der Waals surface area contributed by atoms with Crippen LogP contribution in [0.4, 0.5) is 0 Å². The van der Waals surface area contributed by atoms with Crippen LogP contribution in [0.1, 0.15) is 103 Å². The van der Waals surface area contributed by atoms with Crippen molar-refractivity contribution in [1.82, 2.24) is 0 Å². The third-order valence-corrected chi connectivity index (χ3v) is 6.67. The first kappa shape index (κ1) is 18.9. The summed E-state index contributed by atoms with van der Waals surface area (Å²) >= 11 is 0. The Morgan fingerprint density at radius 2 is 1.48 bits per heavy atom. The number of nitroso groups, excluding NO2 is 1. The van der Waals surface area contributed by atoms with Crippen LogP contribution in [0.15, 0.2) is 5.18 Å². The summed E-state index contributed by atoms with van der Waals surface area (Å²) in [4.78, 5) is 10.6. The van der Waals surface area contributed by atoms with E-state index >= 15 is 0 Å². The monoisotopic (exact) mass is 321 g/mol. The van der Waals surface area contributed by atoms with Gasteiger partial charge in [0.15, 0.2) is 0 Å². The largest absolute Gasteiger partial charge is 0.151 e. The van der Waals surface area contributed by atoms with Crippen LogP contribution in [0, 0.1) is 28.6 Å². The van der Waals surface area contributed by atoms with Crippen molar-refractivity contribution in [3.8, 4) is 0 Å². The van der Waals surface area contributed by atoms with Crippen molar-refractivity contribution in [1.29, 1.82) is 0 Å². The molecular weight excluding hydrogens is 282 g/mol. The normalized spacial score (nSPS) is 29.8. The summed E-state index contributed by atoms with van der Waals surface area (Å²) in [6, 6.07) is 0. The Hall–Kier alpha value is -0.400. The molecule has 2 aliphatic carbocycles. The molecule has 2 unspecified atom stereocenters. The molecule has 2 fully saturated rings. The molecule has 0 spiro atoms. The molecule has 0 amide bonds. The van der Waals surface area contributed by atoms with Gasteiger partial charge in [-0.1, -0.05) is 95.6 Å². The van der Waals surface area contributed by atoms with E-state index in [9.17, 15) is 4.91 Å². The standard InChI is InChI=1S/C21H39NO/c1-18-9-5-3-2-4-6-10-19(14-13-18)17-21(15-16-22-23)20-11-7-8-12-20/h18-21H,2-17H2,1H3/t18-,19?,21?/m0/s1. The molecule has 3 atom stereocenters. The van der Waals surface area contributed by atoms with E-state index in [1.54, 1.807) is 0 Å². The fraction of sp³-hybridized carbons (Fsp3) is 1.00. The van der Waals surface area contributed by atoms with E-state index < -0.39 is 0 Å². The Balaban J connectivity index is 1.88. The Labute approximate surface area is 144 Å². The first-order chi connectivity index (χ1) is 11.3. The summed E-state index contributed by atoms with van der Waals surface area (Å²) in [5.74, 6) is 3.50. The Morgan fingerprint density at radius 1 is 0.826 bits per heavy atom. The molecule has 2 rings (SSSR count). The lowest BCUT2D eigenvalue weighted by Crippen LogP contribution is -2.18. The molecule has 2 nitrogen and oxygen atoms in total. The minimum atomic E-state index is 0.546. The van der Waals surface area contributed by atoms with Crippen LogP contribution in [0.25, 0.3) is 0 Å². The highest BCUT2D eigenvalue weighted by Crippen LogP contribution is 2.39. The summed E-state index contributed by atoms with van der Waals surface area (Å²) < 4.78 is 0. The average molecular weight is 322 g/mol. The van der Waals surface area contributed by atoms with E-state index in [1.165, 1.54) is 89.9 Å². The van der Waals surface area contributed by atoms with E-state index in [2.05, 4.69) is 12.1 Å². The van der Waals surface area contributed by atoms with Gasteiger partial charge in [-0.15, -0.1) is 0 Å². The molecule has 23 heavy (non-hydrogen) atoms. The molecule has 0 aliphatic heterocycles. The maximum absolute atomic E-state index is 10.6. The molecule has 0 saturated heterocycles. The van der Waals surface area contributed by atoms with E-state index in [0.717, 1.165) is 30.1 Å². The first-order valence-corrected chi connectivity index (χ1v) is 10.6. The predicted octanol–water partition coefficient (Wildman–Crippen LogP) is 7.12. The van der Waals surface area contributed by atoms with Gasteiger partial charge < -0.3 is 0 Å². The Bertz CT molecular complexity index is 311. The zero-order chi connectivity index (χ0) is 16.3. The van der Waals surface area contributed by atoms with Gasteiger partial charge in [0.25, 0.3) is 0 Å². The summed E-state index contributed by atoms with van der Waals surface area (Å²) in [5.41, 5.74) is 0. The van der Waals surface area contributed by atoms with Crippen LogP contribution in [0.2, 0.25) is 0 Å². The quantitative estimate of drug-likeness (QED) is 0.479. The highest BCUT2D eigenvalue weighted by atomic mass is 16.3. The van der Waals surface area contributed by atoms with E-state index in [0.29, 0.717) is 6.54 Å². The molecular formula is C21H39NO. The minimum absolute atomic E-state index is 0.546. The van der Waals surface area contributed by atoms with Crippen molar-refractivity contribution in [2.24, 2.45) is 28.8 Å². The molecule has 0 aromatic carbocycles. The third kappa shape index (κ3) is 7.35. The van der Waals surface area contributed by atoms with Gasteiger partial charge in [-0.05, 0) is 36.5 Å². The molecule has 0 aromatic rings. The summed E-state index contributed by atoms with van der Waals surface area (Å²) in [6.45, 7) is 3.00. The Morgan fingerprint density at radius 3 is 2.22 bits per heavy atom. The van der Waals surface area contributed by atoms with Crippen LogP contribution < -0.4 is 0 Å². The van der Waals surface area contributed by atoms with Crippen molar-refractivity contribution in [3.63, 3.8) is 0 Å². The molecule has 0 radical (unpaired) electrons. The third-order valence-electron chi connectivity index (χ3n) is 6.67. The fourth-order valence-electron chi connectivity index (χ4n) is 5.12. The van der Waals surface area contributed by atoms with Gasteiger partial charge in [0.1, 0.15) is 0 Å². The number of nitrogens with zero attached hydrogens (tertiary/aromatic N) is 1. The lowest BCUT2D eigenvalue weighted by molar-refractivity contribution is 0.232. The average Bonchev–Trinajstić information content (AvgIpc) is 3.07. The van der Waals surface area contributed by atoms with E-state index in [1.807, 2.05) is 0 Å². The molecule has 2 aliphatic rings. The zero-order valence-corrected chi connectivity index (χ0v) is 15.5. The van der Waals surface area contributed by atoms with Gasteiger partial charge in [0, 0.05) is 0 Å². The molecule has 0 aromatic heterocycles. The van der Waals surface area contributed by atoms with Crippen molar-refractivity contribution >= 4 is 0 Å². The van der Waals surface area contributed by atoms with Crippen molar-refractivity contribution < 1.29 is 0 Å². The van der Waals surface area contributed by atoms with Crippen LogP contribution in [-0.4, -0.2) is 6.54 Å². The second kappa shape index (κ2) is 11.2.